The van der Waals surface area contributed by atoms with Crippen LogP contribution in [0.5, 0.6) is 0 Å². The zero-order valence-corrected chi connectivity index (χ0v) is 23.3. The maximum atomic E-state index is 12.8. The van der Waals surface area contributed by atoms with Crippen molar-refractivity contribution in [1.82, 2.24) is 14.8 Å². The molecule has 1 amide bonds. The number of amides is 1. The van der Waals surface area contributed by atoms with E-state index in [0.717, 1.165) is 29.7 Å². The molecule has 0 unspecified atom stereocenters. The summed E-state index contributed by atoms with van der Waals surface area (Å²) in [6.07, 6.45) is 1.57. The summed E-state index contributed by atoms with van der Waals surface area (Å²) in [4.78, 5) is 23.6. The van der Waals surface area contributed by atoms with E-state index in [4.69, 9.17) is 23.2 Å². The van der Waals surface area contributed by atoms with Crippen LogP contribution >= 0.6 is 35.0 Å². The van der Waals surface area contributed by atoms with Gasteiger partial charge >= 0.3 is 0 Å². The lowest BCUT2D eigenvalue weighted by molar-refractivity contribution is -0.385. The molecule has 0 radical (unpaired) electrons. The molecule has 0 atom stereocenters. The molecule has 8 nitrogen and oxygen atoms in total. The van der Waals surface area contributed by atoms with E-state index in [1.165, 1.54) is 17.8 Å². The molecule has 0 bridgehead atoms. The topological polar surface area (TPSA) is 103 Å². The van der Waals surface area contributed by atoms with Gasteiger partial charge in [0.15, 0.2) is 11.0 Å². The van der Waals surface area contributed by atoms with Crippen LogP contribution in [0.4, 0.5) is 11.4 Å². The lowest BCUT2D eigenvalue weighted by Crippen LogP contribution is -2.15. The smallest absolute Gasteiger partial charge is 0.274 e. The number of nitro groups is 1. The highest BCUT2D eigenvalue weighted by molar-refractivity contribution is 7.99. The Hall–Kier alpha value is -3.40. The number of para-hydroxylation sites is 1. The van der Waals surface area contributed by atoms with Gasteiger partial charge in [-0.25, -0.2) is 0 Å². The minimum atomic E-state index is -0.470. The Kier molecular flexibility index (Phi) is 8.71. The third-order valence-corrected chi connectivity index (χ3v) is 7.49. The Morgan fingerprint density at radius 1 is 1.05 bits per heavy atom. The van der Waals surface area contributed by atoms with Crippen molar-refractivity contribution in [3.63, 3.8) is 0 Å². The normalized spacial score (nSPS) is 11.0. The van der Waals surface area contributed by atoms with Crippen molar-refractivity contribution in [1.29, 1.82) is 0 Å². The van der Waals surface area contributed by atoms with E-state index in [2.05, 4.69) is 41.5 Å². The maximum Gasteiger partial charge on any atom is 0.274 e. The number of aryl methyl sites for hydroxylation is 3. The van der Waals surface area contributed by atoms with Crippen molar-refractivity contribution in [2.24, 2.45) is 0 Å². The number of hydrogen-bond acceptors (Lipinski definition) is 6. The highest BCUT2D eigenvalue weighted by atomic mass is 35.5. The maximum absolute atomic E-state index is 12.8. The summed E-state index contributed by atoms with van der Waals surface area (Å²) in [7, 11) is 0. The van der Waals surface area contributed by atoms with Crippen LogP contribution in [0.3, 0.4) is 0 Å². The number of hydrogen-bond donors (Lipinski definition) is 1. The number of aromatic nitrogens is 3. The number of nitrogens with zero attached hydrogens (tertiary/aromatic N) is 4. The number of thioether (sulfide) groups is 1. The third kappa shape index (κ3) is 5.85. The van der Waals surface area contributed by atoms with Crippen molar-refractivity contribution in [2.75, 3.05) is 11.1 Å². The summed E-state index contributed by atoms with van der Waals surface area (Å²) in [5.74, 6) is 0.233. The van der Waals surface area contributed by atoms with Crippen LogP contribution in [0.1, 0.15) is 30.5 Å². The Morgan fingerprint density at radius 3 is 2.39 bits per heavy atom. The highest BCUT2D eigenvalue weighted by Gasteiger charge is 2.23. The lowest BCUT2D eigenvalue weighted by atomic mass is 10.0. The molecular weight excluding hydrogens is 545 g/mol. The Bertz CT molecular complexity index is 1500. The van der Waals surface area contributed by atoms with E-state index in [9.17, 15) is 14.9 Å². The van der Waals surface area contributed by atoms with Crippen LogP contribution < -0.4 is 5.32 Å². The molecule has 11 heteroatoms. The van der Waals surface area contributed by atoms with Crippen LogP contribution in [0, 0.1) is 17.0 Å². The van der Waals surface area contributed by atoms with E-state index < -0.39 is 4.92 Å². The zero-order chi connectivity index (χ0) is 27.4. The quantitative estimate of drug-likeness (QED) is 0.129. The molecule has 0 spiro atoms. The van der Waals surface area contributed by atoms with Gasteiger partial charge in [0.2, 0.25) is 5.91 Å². The first-order valence-electron chi connectivity index (χ1n) is 11.9. The van der Waals surface area contributed by atoms with Gasteiger partial charge in [-0.05, 0) is 55.2 Å². The standard InChI is InChI=1S/C27H25Cl2N5O3S/c1-4-17-7-6-8-18(5-2)25(17)33-26(21-12-10-19(28)13-22(21)29)31-32-27(33)38-15-24(35)30-20-11-9-16(3)23(14-20)34(36)37/h6-14H,4-5,15H2,1-3H3,(H,30,35). The molecule has 38 heavy (non-hydrogen) atoms. The monoisotopic (exact) mass is 569 g/mol. The molecule has 1 N–H and O–H groups in total. The Labute approximate surface area is 234 Å². The van der Waals surface area contributed by atoms with Gasteiger partial charge in [0.1, 0.15) is 0 Å². The van der Waals surface area contributed by atoms with E-state index in [0.29, 0.717) is 37.8 Å². The molecule has 1 heterocycles. The summed E-state index contributed by atoms with van der Waals surface area (Å²) in [5, 5.41) is 24.4. The number of carbonyl (C=O) groups is 1. The lowest BCUT2D eigenvalue weighted by Gasteiger charge is -2.18. The molecule has 0 saturated heterocycles. The largest absolute Gasteiger partial charge is 0.325 e. The zero-order valence-electron chi connectivity index (χ0n) is 21.0. The fraction of sp³-hybridized carbons (Fsp3) is 0.222. The van der Waals surface area contributed by atoms with Gasteiger partial charge in [-0.3, -0.25) is 19.5 Å². The fourth-order valence-electron chi connectivity index (χ4n) is 4.12. The predicted molar refractivity (Wildman–Crippen MR) is 153 cm³/mol. The molecule has 196 valence electrons. The summed E-state index contributed by atoms with van der Waals surface area (Å²) < 4.78 is 1.95. The van der Waals surface area contributed by atoms with E-state index in [1.54, 1.807) is 37.3 Å². The second kappa shape index (κ2) is 12.0. The van der Waals surface area contributed by atoms with Crippen LogP contribution in [0.2, 0.25) is 10.0 Å². The van der Waals surface area contributed by atoms with Crippen LogP contribution in [0.25, 0.3) is 17.1 Å². The SMILES string of the molecule is CCc1cccc(CC)c1-n1c(SCC(=O)Nc2ccc(C)c([N+](=O)[O-])c2)nnc1-c1ccc(Cl)cc1Cl. The first-order valence-corrected chi connectivity index (χ1v) is 13.7. The van der Waals surface area contributed by atoms with Gasteiger partial charge in [-0.1, -0.05) is 73.1 Å². The molecule has 0 aliphatic heterocycles. The average molecular weight is 571 g/mol. The van der Waals surface area contributed by atoms with Crippen molar-refractivity contribution in [3.05, 3.63) is 91.4 Å². The molecule has 1 aromatic heterocycles. The summed E-state index contributed by atoms with van der Waals surface area (Å²) in [5.41, 5.74) is 4.66. The fourth-order valence-corrected chi connectivity index (χ4v) is 5.35. The van der Waals surface area contributed by atoms with Gasteiger partial charge in [-0.2, -0.15) is 0 Å². The summed E-state index contributed by atoms with van der Waals surface area (Å²) in [6, 6.07) is 16.0. The molecule has 0 fully saturated rings. The Morgan fingerprint density at radius 2 is 1.76 bits per heavy atom. The first-order chi connectivity index (χ1) is 18.2. The van der Waals surface area contributed by atoms with E-state index in [-0.39, 0.29) is 17.3 Å². The summed E-state index contributed by atoms with van der Waals surface area (Å²) >= 11 is 13.9. The van der Waals surface area contributed by atoms with Crippen molar-refractivity contribution in [3.8, 4) is 17.1 Å². The number of rotatable bonds is 9. The molecule has 3 aromatic carbocycles. The molecule has 0 saturated carbocycles. The van der Waals surface area contributed by atoms with Gasteiger partial charge in [0.25, 0.3) is 5.69 Å². The van der Waals surface area contributed by atoms with Gasteiger partial charge in [0, 0.05) is 27.9 Å². The van der Waals surface area contributed by atoms with E-state index >= 15 is 0 Å². The number of carbonyl (C=O) groups excluding carboxylic acids is 1. The summed E-state index contributed by atoms with van der Waals surface area (Å²) in [6.45, 7) is 5.81. The number of anilines is 1. The van der Waals surface area contributed by atoms with Crippen molar-refractivity contribution in [2.45, 2.75) is 38.8 Å². The van der Waals surface area contributed by atoms with Crippen LogP contribution in [-0.4, -0.2) is 31.3 Å². The van der Waals surface area contributed by atoms with Crippen LogP contribution in [0.15, 0.2) is 59.8 Å². The molecule has 4 rings (SSSR count). The van der Waals surface area contributed by atoms with Crippen LogP contribution in [-0.2, 0) is 17.6 Å². The van der Waals surface area contributed by atoms with Crippen molar-refractivity contribution < 1.29 is 9.72 Å². The second-order valence-corrected chi connectivity index (χ2v) is 10.3. The van der Waals surface area contributed by atoms with Gasteiger partial charge < -0.3 is 5.32 Å². The first kappa shape index (κ1) is 27.6. The Balaban J connectivity index is 1.71. The van der Waals surface area contributed by atoms with E-state index in [1.807, 2.05) is 10.6 Å². The number of halogens is 2. The number of nitrogens with one attached hydrogen (secondary N) is 1. The molecular formula is C27H25Cl2N5O3S. The van der Waals surface area contributed by atoms with Gasteiger partial charge in [0.05, 0.1) is 21.4 Å². The minimum Gasteiger partial charge on any atom is -0.325 e. The third-order valence-electron chi connectivity index (χ3n) is 6.02. The average Bonchev–Trinajstić information content (AvgIpc) is 3.30. The molecule has 0 aliphatic carbocycles. The number of nitro benzene ring substituents is 1. The van der Waals surface area contributed by atoms with Crippen molar-refractivity contribution >= 4 is 52.2 Å². The minimum absolute atomic E-state index is 0.0178. The van der Waals surface area contributed by atoms with Gasteiger partial charge in [-0.15, -0.1) is 10.2 Å². The second-order valence-electron chi connectivity index (χ2n) is 8.49. The molecule has 0 aliphatic rings. The number of benzene rings is 3. The predicted octanol–water partition coefficient (Wildman–Crippen LogP) is 7.31. The highest BCUT2D eigenvalue weighted by Crippen LogP contribution is 2.36. The molecule has 4 aromatic rings.